The molecule has 0 aromatic heterocycles. The molecule has 7 heteroatoms. The molecule has 7 nitrogen and oxygen atoms in total. The molecule has 2 aliphatic heterocycles. The summed E-state index contributed by atoms with van der Waals surface area (Å²) in [6.07, 6.45) is 1.15. The van der Waals surface area contributed by atoms with Gasteiger partial charge in [-0.05, 0) is 36.5 Å². The van der Waals surface area contributed by atoms with Crippen molar-refractivity contribution in [2.24, 2.45) is 5.41 Å². The molecule has 166 valence electrons. The Morgan fingerprint density at radius 2 is 1.97 bits per heavy atom. The lowest BCUT2D eigenvalue weighted by Crippen LogP contribution is -2.45. The highest BCUT2D eigenvalue weighted by Crippen LogP contribution is 2.47. The van der Waals surface area contributed by atoms with E-state index in [1.54, 1.807) is 17.0 Å². The molecule has 0 saturated carbocycles. The van der Waals surface area contributed by atoms with Crippen molar-refractivity contribution in [3.05, 3.63) is 46.3 Å². The number of methoxy groups -OCH3 is 1. The lowest BCUT2D eigenvalue weighted by molar-refractivity contribution is -0.131. The Kier molecular flexibility index (Phi) is 5.56. The van der Waals surface area contributed by atoms with Gasteiger partial charge in [0.15, 0.2) is 17.3 Å². The van der Waals surface area contributed by atoms with E-state index in [0.29, 0.717) is 55.2 Å². The number of carbonyl (C=O) groups excluding carboxylic acids is 2. The van der Waals surface area contributed by atoms with Gasteiger partial charge in [0.1, 0.15) is 0 Å². The highest BCUT2D eigenvalue weighted by atomic mass is 16.5. The molecule has 0 unspecified atom stereocenters. The first kappa shape index (κ1) is 21.4. The van der Waals surface area contributed by atoms with Gasteiger partial charge in [-0.25, -0.2) is 0 Å². The number of hydrogen-bond donors (Lipinski definition) is 2. The zero-order valence-corrected chi connectivity index (χ0v) is 18.6. The third kappa shape index (κ3) is 3.94. The lowest BCUT2D eigenvalue weighted by Gasteiger charge is -2.41. The van der Waals surface area contributed by atoms with Gasteiger partial charge in [-0.3, -0.25) is 9.59 Å². The Hall–Kier alpha value is -2.80. The summed E-state index contributed by atoms with van der Waals surface area (Å²) < 4.78 is 10.6. The number of phenols is 1. The van der Waals surface area contributed by atoms with E-state index in [4.69, 9.17) is 9.47 Å². The van der Waals surface area contributed by atoms with Gasteiger partial charge in [0.05, 0.1) is 20.3 Å². The molecular formula is C24H30N2O5. The van der Waals surface area contributed by atoms with Crippen LogP contribution in [0.25, 0.3) is 0 Å². The maximum Gasteiger partial charge on any atom is 0.252 e. The molecule has 1 amide bonds. The van der Waals surface area contributed by atoms with Crippen molar-refractivity contribution in [2.45, 2.75) is 39.5 Å². The molecule has 2 N–H and O–H groups in total. The first-order valence-electron chi connectivity index (χ1n) is 10.7. The number of Topliss-reactive ketones (excluding diaryl/α,β-unsaturated/α-hetero) is 1. The van der Waals surface area contributed by atoms with Crippen LogP contribution in [-0.4, -0.2) is 55.1 Å². The van der Waals surface area contributed by atoms with Gasteiger partial charge in [0, 0.05) is 48.0 Å². The standard InChI is InChI=1S/C24H30N2O5/c1-14-20(23(29)26-7-9-31-10-8-26)21(15-5-6-19(30-4)17(27)11-15)22-16(25-14)12-24(2,3)13-18(22)28/h5-6,11,21,25,27H,7-10,12-13H2,1-4H3/t21-/m0/s1. The molecule has 31 heavy (non-hydrogen) atoms. The van der Waals surface area contributed by atoms with E-state index < -0.39 is 5.92 Å². The number of carbonyl (C=O) groups is 2. The SMILES string of the molecule is COc1ccc([C@H]2C(C(=O)N3CCOCC3)=C(C)NC3=C2C(=O)CC(C)(C)C3)cc1O. The van der Waals surface area contributed by atoms with Crippen molar-refractivity contribution < 1.29 is 24.2 Å². The fraction of sp³-hybridized carbons (Fsp3) is 0.500. The van der Waals surface area contributed by atoms with Crippen molar-refractivity contribution >= 4 is 11.7 Å². The number of nitrogens with one attached hydrogen (secondary N) is 1. The molecule has 1 aromatic carbocycles. The highest BCUT2D eigenvalue weighted by Gasteiger charge is 2.43. The van der Waals surface area contributed by atoms with E-state index >= 15 is 0 Å². The minimum atomic E-state index is -0.535. The van der Waals surface area contributed by atoms with E-state index in [-0.39, 0.29) is 22.9 Å². The van der Waals surface area contributed by atoms with Crippen LogP contribution in [0.5, 0.6) is 11.5 Å². The fourth-order valence-electron chi connectivity index (χ4n) is 4.88. The van der Waals surface area contributed by atoms with Gasteiger partial charge in [-0.15, -0.1) is 0 Å². The molecule has 1 atom stereocenters. The van der Waals surface area contributed by atoms with Crippen LogP contribution in [0.3, 0.4) is 0 Å². The first-order valence-corrected chi connectivity index (χ1v) is 10.7. The number of dihydropyridines is 1. The van der Waals surface area contributed by atoms with Crippen molar-refractivity contribution in [1.29, 1.82) is 0 Å². The Balaban J connectivity index is 1.84. The van der Waals surface area contributed by atoms with Crippen LogP contribution in [0.2, 0.25) is 0 Å². The lowest BCUT2D eigenvalue weighted by atomic mass is 9.68. The predicted molar refractivity (Wildman–Crippen MR) is 116 cm³/mol. The van der Waals surface area contributed by atoms with Crippen LogP contribution in [0.1, 0.15) is 45.1 Å². The van der Waals surface area contributed by atoms with E-state index in [9.17, 15) is 14.7 Å². The third-order valence-electron chi connectivity index (χ3n) is 6.30. The second-order valence-electron chi connectivity index (χ2n) is 9.27. The smallest absolute Gasteiger partial charge is 0.252 e. The Labute approximate surface area is 182 Å². The predicted octanol–water partition coefficient (Wildman–Crippen LogP) is 2.86. The number of ketones is 1. The van der Waals surface area contributed by atoms with Gasteiger partial charge in [0.25, 0.3) is 5.91 Å². The summed E-state index contributed by atoms with van der Waals surface area (Å²) in [4.78, 5) is 28.7. The topological polar surface area (TPSA) is 88.1 Å². The number of amides is 1. The van der Waals surface area contributed by atoms with Crippen LogP contribution in [-0.2, 0) is 14.3 Å². The number of nitrogens with zero attached hydrogens (tertiary/aromatic N) is 1. The van der Waals surface area contributed by atoms with Crippen molar-refractivity contribution in [3.63, 3.8) is 0 Å². The monoisotopic (exact) mass is 426 g/mol. The van der Waals surface area contributed by atoms with Gasteiger partial charge in [0.2, 0.25) is 0 Å². The first-order chi connectivity index (χ1) is 14.7. The number of phenolic OH excluding ortho intramolecular Hbond substituents is 1. The summed E-state index contributed by atoms with van der Waals surface area (Å²) in [7, 11) is 1.49. The second-order valence-corrected chi connectivity index (χ2v) is 9.27. The maximum absolute atomic E-state index is 13.6. The Morgan fingerprint density at radius 1 is 1.26 bits per heavy atom. The van der Waals surface area contributed by atoms with E-state index in [1.807, 2.05) is 13.0 Å². The maximum atomic E-state index is 13.6. The molecule has 1 aromatic rings. The van der Waals surface area contributed by atoms with Crippen LogP contribution in [0, 0.1) is 5.41 Å². The number of hydrogen-bond acceptors (Lipinski definition) is 6. The number of rotatable bonds is 3. The minimum absolute atomic E-state index is 0.0138. The van der Waals surface area contributed by atoms with Gasteiger partial charge in [-0.1, -0.05) is 19.9 Å². The average molecular weight is 427 g/mol. The molecular weight excluding hydrogens is 396 g/mol. The second kappa shape index (κ2) is 8.04. The molecule has 0 radical (unpaired) electrons. The average Bonchev–Trinajstić information content (AvgIpc) is 2.72. The normalized spacial score (nSPS) is 23.4. The summed E-state index contributed by atoms with van der Waals surface area (Å²) in [5.41, 5.74) is 3.36. The third-order valence-corrected chi connectivity index (χ3v) is 6.30. The minimum Gasteiger partial charge on any atom is -0.504 e. The molecule has 0 bridgehead atoms. The van der Waals surface area contributed by atoms with Crippen LogP contribution in [0.15, 0.2) is 40.7 Å². The Bertz CT molecular complexity index is 986. The number of benzene rings is 1. The van der Waals surface area contributed by atoms with Crippen LogP contribution < -0.4 is 10.1 Å². The molecule has 1 fully saturated rings. The highest BCUT2D eigenvalue weighted by molar-refractivity contribution is 6.05. The molecule has 1 saturated heterocycles. The number of morpholine rings is 1. The van der Waals surface area contributed by atoms with Crippen molar-refractivity contribution in [3.8, 4) is 11.5 Å². The zero-order valence-electron chi connectivity index (χ0n) is 18.6. The molecule has 2 heterocycles. The number of aromatic hydroxyl groups is 1. The number of ether oxygens (including phenoxy) is 2. The molecule has 4 rings (SSSR count). The van der Waals surface area contributed by atoms with Crippen molar-refractivity contribution in [2.75, 3.05) is 33.4 Å². The van der Waals surface area contributed by atoms with E-state index in [0.717, 1.165) is 17.8 Å². The largest absolute Gasteiger partial charge is 0.504 e. The molecule has 1 aliphatic carbocycles. The van der Waals surface area contributed by atoms with Crippen LogP contribution in [0.4, 0.5) is 0 Å². The molecule has 3 aliphatic rings. The van der Waals surface area contributed by atoms with Gasteiger partial charge < -0.3 is 24.8 Å². The Morgan fingerprint density at radius 3 is 2.61 bits per heavy atom. The number of allylic oxidation sites excluding steroid dienone is 3. The summed E-state index contributed by atoms with van der Waals surface area (Å²) in [5, 5.41) is 13.8. The van der Waals surface area contributed by atoms with Crippen molar-refractivity contribution in [1.82, 2.24) is 10.2 Å². The molecule has 0 spiro atoms. The van der Waals surface area contributed by atoms with Gasteiger partial charge >= 0.3 is 0 Å². The van der Waals surface area contributed by atoms with Crippen LogP contribution >= 0.6 is 0 Å². The summed E-state index contributed by atoms with van der Waals surface area (Å²) in [6, 6.07) is 5.11. The van der Waals surface area contributed by atoms with E-state index in [1.165, 1.54) is 7.11 Å². The van der Waals surface area contributed by atoms with E-state index in [2.05, 4.69) is 19.2 Å². The summed E-state index contributed by atoms with van der Waals surface area (Å²) in [5.74, 6) is -0.256. The quantitative estimate of drug-likeness (QED) is 0.773. The fourth-order valence-corrected chi connectivity index (χ4v) is 4.88. The summed E-state index contributed by atoms with van der Waals surface area (Å²) in [6.45, 7) is 8.09. The van der Waals surface area contributed by atoms with Gasteiger partial charge in [-0.2, -0.15) is 0 Å². The zero-order chi connectivity index (χ0) is 22.3. The summed E-state index contributed by atoms with van der Waals surface area (Å²) >= 11 is 0.